The van der Waals surface area contributed by atoms with E-state index in [0.29, 0.717) is 10.6 Å². The van der Waals surface area contributed by atoms with Crippen molar-refractivity contribution in [1.29, 1.82) is 0 Å². The lowest BCUT2D eigenvalue weighted by Gasteiger charge is -2.03. The van der Waals surface area contributed by atoms with Gasteiger partial charge in [0.2, 0.25) is 0 Å². The number of rotatable bonds is 2. The Hall–Kier alpha value is -1.81. The Morgan fingerprint density at radius 1 is 1.50 bits per heavy atom. The summed E-state index contributed by atoms with van der Waals surface area (Å²) in [6.07, 6.45) is 1.19. The second-order valence-corrected chi connectivity index (χ2v) is 3.77. The fourth-order valence-corrected chi connectivity index (χ4v) is 1.69. The lowest BCUT2D eigenvalue weighted by Crippen LogP contribution is -1.96. The summed E-state index contributed by atoms with van der Waals surface area (Å²) in [6, 6.07) is 5.13. The number of benzene rings is 1. The van der Waals surface area contributed by atoms with E-state index in [1.165, 1.54) is 6.20 Å². The molecule has 0 aliphatic rings. The van der Waals surface area contributed by atoms with Gasteiger partial charge in [0.15, 0.2) is 5.76 Å². The fraction of sp³-hybridized carbons (Fsp3) is 0.0909. The summed E-state index contributed by atoms with van der Waals surface area (Å²) in [5.41, 5.74) is 1.57. The summed E-state index contributed by atoms with van der Waals surface area (Å²) in [5.74, 6) is -0.813. The first kappa shape index (κ1) is 10.7. The van der Waals surface area contributed by atoms with Gasteiger partial charge in [0.25, 0.3) is 0 Å². The monoisotopic (exact) mass is 237 g/mol. The van der Waals surface area contributed by atoms with Crippen LogP contribution in [0.25, 0.3) is 11.3 Å². The van der Waals surface area contributed by atoms with Gasteiger partial charge in [-0.05, 0) is 30.7 Å². The number of aromatic nitrogens is 1. The molecule has 0 fully saturated rings. The van der Waals surface area contributed by atoms with Gasteiger partial charge in [-0.3, -0.25) is 0 Å². The van der Waals surface area contributed by atoms with Gasteiger partial charge in [0.05, 0.1) is 6.20 Å². The van der Waals surface area contributed by atoms with Crippen LogP contribution in [0.15, 0.2) is 28.9 Å². The van der Waals surface area contributed by atoms with E-state index in [2.05, 4.69) is 5.16 Å². The maximum Gasteiger partial charge on any atom is 0.341 e. The Kier molecular flexibility index (Phi) is 2.66. The molecular weight excluding hydrogens is 230 g/mol. The third-order valence-corrected chi connectivity index (χ3v) is 2.47. The number of halogens is 1. The Morgan fingerprint density at radius 3 is 2.88 bits per heavy atom. The van der Waals surface area contributed by atoms with Crippen LogP contribution in [-0.2, 0) is 0 Å². The zero-order valence-corrected chi connectivity index (χ0v) is 9.15. The van der Waals surface area contributed by atoms with Crippen LogP contribution in [0.3, 0.4) is 0 Å². The molecule has 0 spiro atoms. The molecule has 0 unspecified atom stereocenters. The molecule has 0 amide bonds. The van der Waals surface area contributed by atoms with E-state index < -0.39 is 5.97 Å². The second-order valence-electron chi connectivity index (χ2n) is 3.33. The van der Waals surface area contributed by atoms with Gasteiger partial charge >= 0.3 is 5.97 Å². The predicted molar refractivity (Wildman–Crippen MR) is 58.6 cm³/mol. The molecule has 1 aromatic carbocycles. The molecule has 4 nitrogen and oxygen atoms in total. The first-order valence-electron chi connectivity index (χ1n) is 4.54. The van der Waals surface area contributed by atoms with E-state index in [4.69, 9.17) is 21.2 Å². The number of carboxylic acid groups (broad SMARTS) is 1. The van der Waals surface area contributed by atoms with E-state index in [1.54, 1.807) is 18.2 Å². The van der Waals surface area contributed by atoms with Crippen LogP contribution < -0.4 is 0 Å². The first-order valence-corrected chi connectivity index (χ1v) is 4.92. The number of carbonyl (C=O) groups is 1. The van der Waals surface area contributed by atoms with Crippen molar-refractivity contribution in [3.63, 3.8) is 0 Å². The highest BCUT2D eigenvalue weighted by Crippen LogP contribution is 2.28. The minimum atomic E-state index is -1.06. The lowest BCUT2D eigenvalue weighted by molar-refractivity contribution is 0.0697. The topological polar surface area (TPSA) is 63.3 Å². The van der Waals surface area contributed by atoms with Gasteiger partial charge in [0, 0.05) is 10.6 Å². The molecule has 1 N–H and O–H groups in total. The van der Waals surface area contributed by atoms with Crippen LogP contribution in [0, 0.1) is 6.92 Å². The minimum Gasteiger partial charge on any atom is -0.477 e. The first-order chi connectivity index (χ1) is 7.59. The molecule has 0 aliphatic carbocycles. The molecule has 0 bridgehead atoms. The number of hydrogen-bond acceptors (Lipinski definition) is 3. The molecule has 5 heteroatoms. The zero-order valence-electron chi connectivity index (χ0n) is 8.40. The molecule has 1 aromatic heterocycles. The molecule has 0 radical (unpaired) electrons. The summed E-state index contributed by atoms with van der Waals surface area (Å²) < 4.78 is 4.96. The number of aromatic carboxylic acids is 1. The van der Waals surface area contributed by atoms with Gasteiger partial charge in [0.1, 0.15) is 5.56 Å². The second kappa shape index (κ2) is 3.98. The third-order valence-electron chi connectivity index (χ3n) is 2.23. The van der Waals surface area contributed by atoms with Crippen LogP contribution in [0.4, 0.5) is 0 Å². The van der Waals surface area contributed by atoms with E-state index in [9.17, 15) is 4.79 Å². The van der Waals surface area contributed by atoms with Crippen LogP contribution >= 0.6 is 11.6 Å². The third kappa shape index (κ3) is 1.79. The zero-order chi connectivity index (χ0) is 11.7. The number of nitrogens with zero attached hydrogens (tertiary/aromatic N) is 1. The highest BCUT2D eigenvalue weighted by Gasteiger charge is 2.18. The Bertz CT molecular complexity index is 548. The van der Waals surface area contributed by atoms with Gasteiger partial charge in [-0.15, -0.1) is 0 Å². The maximum absolute atomic E-state index is 10.9. The van der Waals surface area contributed by atoms with Gasteiger partial charge in [-0.2, -0.15) is 0 Å². The van der Waals surface area contributed by atoms with Crippen molar-refractivity contribution >= 4 is 17.6 Å². The SMILES string of the molecule is Cc1cc(Cl)ccc1-c1oncc1C(=O)O. The molecule has 0 saturated heterocycles. The van der Waals surface area contributed by atoms with Crippen molar-refractivity contribution in [3.05, 3.63) is 40.5 Å². The largest absolute Gasteiger partial charge is 0.477 e. The molecule has 2 rings (SSSR count). The fourth-order valence-electron chi connectivity index (χ4n) is 1.47. The van der Waals surface area contributed by atoms with Crippen molar-refractivity contribution in [2.75, 3.05) is 0 Å². The maximum atomic E-state index is 10.9. The average Bonchev–Trinajstić information content (AvgIpc) is 2.66. The Balaban J connectivity index is 2.59. The molecule has 82 valence electrons. The predicted octanol–water partition coefficient (Wildman–Crippen LogP) is 3.00. The summed E-state index contributed by atoms with van der Waals surface area (Å²) in [4.78, 5) is 10.9. The summed E-state index contributed by atoms with van der Waals surface area (Å²) in [6.45, 7) is 1.83. The molecule has 0 saturated carbocycles. The Morgan fingerprint density at radius 2 is 2.25 bits per heavy atom. The van der Waals surface area contributed by atoms with Crippen LogP contribution in [-0.4, -0.2) is 16.2 Å². The Labute approximate surface area is 96.4 Å². The smallest absolute Gasteiger partial charge is 0.341 e. The van der Waals surface area contributed by atoms with Crippen LogP contribution in [0.1, 0.15) is 15.9 Å². The highest BCUT2D eigenvalue weighted by molar-refractivity contribution is 6.30. The molecule has 0 atom stereocenters. The number of aryl methyl sites for hydroxylation is 1. The van der Waals surface area contributed by atoms with E-state index >= 15 is 0 Å². The average molecular weight is 238 g/mol. The number of hydrogen-bond donors (Lipinski definition) is 1. The van der Waals surface area contributed by atoms with Crippen molar-refractivity contribution in [1.82, 2.24) is 5.16 Å². The molecule has 0 aliphatic heterocycles. The minimum absolute atomic E-state index is 0.0467. The van der Waals surface area contributed by atoms with E-state index in [1.807, 2.05) is 6.92 Å². The van der Waals surface area contributed by atoms with Crippen molar-refractivity contribution in [2.24, 2.45) is 0 Å². The van der Waals surface area contributed by atoms with E-state index in [-0.39, 0.29) is 11.3 Å². The van der Waals surface area contributed by atoms with Crippen molar-refractivity contribution in [2.45, 2.75) is 6.92 Å². The molecule has 1 heterocycles. The van der Waals surface area contributed by atoms with E-state index in [0.717, 1.165) is 5.56 Å². The van der Waals surface area contributed by atoms with Crippen molar-refractivity contribution < 1.29 is 14.4 Å². The molecule has 2 aromatic rings. The van der Waals surface area contributed by atoms with Gasteiger partial charge in [-0.25, -0.2) is 4.79 Å². The summed E-state index contributed by atoms with van der Waals surface area (Å²) >= 11 is 5.82. The van der Waals surface area contributed by atoms with Crippen LogP contribution in [0.2, 0.25) is 5.02 Å². The van der Waals surface area contributed by atoms with Crippen LogP contribution in [0.5, 0.6) is 0 Å². The lowest BCUT2D eigenvalue weighted by atomic mass is 10.0. The van der Waals surface area contributed by atoms with Gasteiger partial charge < -0.3 is 9.63 Å². The molecule has 16 heavy (non-hydrogen) atoms. The normalized spacial score (nSPS) is 10.4. The molecular formula is C11H8ClNO3. The summed E-state index contributed by atoms with van der Waals surface area (Å²) in [5, 5.41) is 13.0. The standard InChI is InChI=1S/C11H8ClNO3/c1-6-4-7(12)2-3-8(6)10-9(11(14)15)5-13-16-10/h2-5H,1H3,(H,14,15). The quantitative estimate of drug-likeness (QED) is 0.872. The number of carboxylic acids is 1. The summed E-state index contributed by atoms with van der Waals surface area (Å²) in [7, 11) is 0. The highest BCUT2D eigenvalue weighted by atomic mass is 35.5. The van der Waals surface area contributed by atoms with Gasteiger partial charge in [-0.1, -0.05) is 16.8 Å². The van der Waals surface area contributed by atoms with Crippen molar-refractivity contribution in [3.8, 4) is 11.3 Å².